The van der Waals surface area contributed by atoms with Crippen LogP contribution in [0, 0.1) is 17.7 Å². The van der Waals surface area contributed by atoms with Crippen molar-refractivity contribution in [1.82, 2.24) is 9.80 Å². The Kier molecular flexibility index (Phi) is 12.0. The molecule has 0 radical (unpaired) electrons. The van der Waals surface area contributed by atoms with Crippen LogP contribution in [0.5, 0.6) is 0 Å². The van der Waals surface area contributed by atoms with Crippen LogP contribution >= 0.6 is 0 Å². The summed E-state index contributed by atoms with van der Waals surface area (Å²) in [6.07, 6.45) is 4.16. The lowest BCUT2D eigenvalue weighted by Gasteiger charge is -2.34. The lowest BCUT2D eigenvalue weighted by Crippen LogP contribution is -2.49. The van der Waals surface area contributed by atoms with E-state index >= 15 is 0 Å². The van der Waals surface area contributed by atoms with E-state index in [9.17, 15) is 19.1 Å². The first-order valence-electron chi connectivity index (χ1n) is 15.7. The third-order valence-corrected chi connectivity index (χ3v) is 8.70. The second-order valence-corrected chi connectivity index (χ2v) is 12.1. The average Bonchev–Trinajstić information content (AvgIpc) is 3.00. The highest BCUT2D eigenvalue weighted by molar-refractivity contribution is 5.71. The quantitative estimate of drug-likeness (QED) is 0.390. The maximum Gasteiger partial charge on any atom is 0.410 e. The normalized spacial score (nSPS) is 29.3. The lowest BCUT2D eigenvalue weighted by molar-refractivity contribution is -0.151. The van der Waals surface area contributed by atoms with Gasteiger partial charge in [0.25, 0.3) is 0 Å². The number of hydrogen-bond acceptors (Lipinski definition) is 8. The molecule has 238 valence electrons. The fraction of sp³-hybridized carbons (Fsp3) is 0.636. The fourth-order valence-electron chi connectivity index (χ4n) is 5.92. The van der Waals surface area contributed by atoms with Gasteiger partial charge in [-0.25, -0.2) is 9.18 Å². The maximum absolute atomic E-state index is 14.7. The standard InChI is InChI=1S/C33H48FN3O6/c1-5-35-10-12-37(13-11-35)33(40)42-30-9-7-24(3)32(43-31(39)22-29(38)8-6-23(30)2)25(4)18-26-19-27(34)21-28(20-26)36-14-16-41-17-15-36/h7,9,18-21,23-24,29-30,32,38H,5-6,8,10-17,22H2,1-4H3/b9-7+,25-18+/t23-,24-,29+,30-,32-/m0/s1. The molecule has 1 aromatic rings. The number of cyclic esters (lactones) is 1. The number of aliphatic hydroxyl groups excluding tert-OH is 1. The van der Waals surface area contributed by atoms with Crippen LogP contribution in [0.2, 0.25) is 0 Å². The molecule has 2 fully saturated rings. The number of piperazine rings is 1. The van der Waals surface area contributed by atoms with Crippen LogP contribution in [0.1, 0.15) is 52.5 Å². The Morgan fingerprint density at radius 1 is 1.07 bits per heavy atom. The Hall–Kier alpha value is -2.95. The minimum Gasteiger partial charge on any atom is -0.457 e. The van der Waals surface area contributed by atoms with Crippen molar-refractivity contribution in [3.63, 3.8) is 0 Å². The SMILES string of the molecule is CCN1CCN(C(=O)O[C@H]2/C=C/[C@H](C)[C@@H](/C(C)=C/c3cc(F)cc(N4CCOCC4)c3)OC(=O)C[C@H](O)CC[C@@H]2C)CC1. The van der Waals surface area contributed by atoms with Crippen molar-refractivity contribution in [2.24, 2.45) is 11.8 Å². The van der Waals surface area contributed by atoms with Gasteiger partial charge in [-0.05, 0) is 67.6 Å². The Balaban J connectivity index is 1.54. The molecule has 4 rings (SSSR count). The molecule has 5 atom stereocenters. The topological polar surface area (TPSA) is 91.8 Å². The molecule has 3 heterocycles. The third kappa shape index (κ3) is 9.52. The summed E-state index contributed by atoms with van der Waals surface area (Å²) in [7, 11) is 0. The van der Waals surface area contributed by atoms with Crippen LogP contribution in [0.4, 0.5) is 14.9 Å². The van der Waals surface area contributed by atoms with E-state index < -0.39 is 24.3 Å². The molecule has 10 heteroatoms. The molecule has 1 aromatic carbocycles. The van der Waals surface area contributed by atoms with E-state index in [1.807, 2.05) is 45.1 Å². The van der Waals surface area contributed by atoms with Crippen molar-refractivity contribution in [3.8, 4) is 0 Å². The molecule has 0 aromatic heterocycles. The molecule has 1 amide bonds. The molecular weight excluding hydrogens is 553 g/mol. The van der Waals surface area contributed by atoms with Gasteiger partial charge in [-0.3, -0.25) is 4.79 Å². The number of carbonyl (C=O) groups excluding carboxylic acids is 2. The minimum atomic E-state index is -0.864. The fourth-order valence-corrected chi connectivity index (χ4v) is 5.92. The highest BCUT2D eigenvalue weighted by atomic mass is 19.1. The Bertz CT molecular complexity index is 1150. The van der Waals surface area contributed by atoms with Gasteiger partial charge in [0.1, 0.15) is 18.0 Å². The van der Waals surface area contributed by atoms with Gasteiger partial charge in [0.05, 0.1) is 25.7 Å². The lowest BCUT2D eigenvalue weighted by atomic mass is 9.91. The first-order chi connectivity index (χ1) is 20.6. The molecule has 0 aliphatic carbocycles. The smallest absolute Gasteiger partial charge is 0.410 e. The zero-order chi connectivity index (χ0) is 30.9. The van der Waals surface area contributed by atoms with E-state index in [1.54, 1.807) is 4.90 Å². The Labute approximate surface area is 255 Å². The van der Waals surface area contributed by atoms with Crippen LogP contribution in [0.25, 0.3) is 6.08 Å². The van der Waals surface area contributed by atoms with Crippen LogP contribution in [0.15, 0.2) is 35.9 Å². The predicted molar refractivity (Wildman–Crippen MR) is 164 cm³/mol. The van der Waals surface area contributed by atoms with Gasteiger partial charge in [-0.1, -0.05) is 32.9 Å². The summed E-state index contributed by atoms with van der Waals surface area (Å²) in [5.74, 6) is -1.16. The molecule has 3 aliphatic rings. The summed E-state index contributed by atoms with van der Waals surface area (Å²) in [5, 5.41) is 10.6. The van der Waals surface area contributed by atoms with E-state index in [0.29, 0.717) is 57.8 Å². The van der Waals surface area contributed by atoms with Crippen molar-refractivity contribution in [2.45, 2.75) is 65.3 Å². The van der Waals surface area contributed by atoms with Gasteiger partial charge in [0, 0.05) is 50.9 Å². The molecule has 0 bridgehead atoms. The van der Waals surface area contributed by atoms with E-state index in [0.717, 1.165) is 30.9 Å². The van der Waals surface area contributed by atoms with Crippen molar-refractivity contribution in [2.75, 3.05) is 63.9 Å². The number of esters is 1. The zero-order valence-electron chi connectivity index (χ0n) is 26.0. The number of aliphatic hydroxyl groups is 1. The number of carbonyl (C=O) groups is 2. The number of hydrogen-bond donors (Lipinski definition) is 1. The highest BCUT2D eigenvalue weighted by Gasteiger charge is 2.29. The first kappa shape index (κ1) is 33.0. The largest absolute Gasteiger partial charge is 0.457 e. The third-order valence-electron chi connectivity index (χ3n) is 8.70. The number of rotatable bonds is 5. The summed E-state index contributed by atoms with van der Waals surface area (Å²) in [5.41, 5.74) is 2.19. The van der Waals surface area contributed by atoms with Gasteiger partial charge in [-0.15, -0.1) is 0 Å². The first-order valence-corrected chi connectivity index (χ1v) is 15.7. The number of morpholine rings is 1. The number of nitrogens with zero attached hydrogens (tertiary/aromatic N) is 3. The van der Waals surface area contributed by atoms with Crippen molar-refractivity contribution >= 4 is 23.8 Å². The van der Waals surface area contributed by atoms with E-state index in [2.05, 4.69) is 16.7 Å². The molecular formula is C33H48FN3O6. The summed E-state index contributed by atoms with van der Waals surface area (Å²) in [6.45, 7) is 14.3. The van der Waals surface area contributed by atoms with Crippen molar-refractivity contribution in [1.29, 1.82) is 0 Å². The second-order valence-electron chi connectivity index (χ2n) is 12.1. The number of amides is 1. The van der Waals surface area contributed by atoms with Gasteiger partial charge in [0.2, 0.25) is 0 Å². The second kappa shape index (κ2) is 15.7. The molecule has 0 saturated carbocycles. The molecule has 0 spiro atoms. The molecule has 0 unspecified atom stereocenters. The highest BCUT2D eigenvalue weighted by Crippen LogP contribution is 2.27. The summed E-state index contributed by atoms with van der Waals surface area (Å²) < 4.78 is 32.0. The van der Waals surface area contributed by atoms with Crippen LogP contribution in [-0.2, 0) is 19.0 Å². The van der Waals surface area contributed by atoms with Crippen LogP contribution in [-0.4, -0.2) is 104 Å². The van der Waals surface area contributed by atoms with Gasteiger partial charge >= 0.3 is 12.1 Å². The Morgan fingerprint density at radius 2 is 1.79 bits per heavy atom. The number of likely N-dealkylation sites (N-methyl/N-ethyl adjacent to an activating group) is 1. The van der Waals surface area contributed by atoms with E-state index in [-0.39, 0.29) is 30.2 Å². The number of ether oxygens (including phenoxy) is 3. The van der Waals surface area contributed by atoms with Crippen LogP contribution < -0.4 is 4.90 Å². The van der Waals surface area contributed by atoms with Gasteiger partial charge < -0.3 is 34.0 Å². The molecule has 9 nitrogen and oxygen atoms in total. The summed E-state index contributed by atoms with van der Waals surface area (Å²) >= 11 is 0. The average molecular weight is 602 g/mol. The molecule has 1 N–H and O–H groups in total. The number of halogens is 1. The minimum absolute atomic E-state index is 0.0598. The van der Waals surface area contributed by atoms with E-state index in [1.165, 1.54) is 12.1 Å². The molecule has 43 heavy (non-hydrogen) atoms. The summed E-state index contributed by atoms with van der Waals surface area (Å²) in [6, 6.07) is 4.91. The van der Waals surface area contributed by atoms with Crippen molar-refractivity contribution in [3.05, 3.63) is 47.3 Å². The maximum atomic E-state index is 14.7. The van der Waals surface area contributed by atoms with Gasteiger partial charge in [-0.2, -0.15) is 0 Å². The zero-order valence-corrected chi connectivity index (χ0v) is 26.0. The predicted octanol–water partition coefficient (Wildman–Crippen LogP) is 4.49. The van der Waals surface area contributed by atoms with Crippen LogP contribution in [0.3, 0.4) is 0 Å². The van der Waals surface area contributed by atoms with Crippen molar-refractivity contribution < 1.29 is 33.3 Å². The molecule has 2 saturated heterocycles. The summed E-state index contributed by atoms with van der Waals surface area (Å²) in [4.78, 5) is 32.1. The van der Waals surface area contributed by atoms with E-state index in [4.69, 9.17) is 14.2 Å². The van der Waals surface area contributed by atoms with Gasteiger partial charge in [0.15, 0.2) is 0 Å². The Morgan fingerprint density at radius 3 is 2.49 bits per heavy atom. The number of anilines is 1. The molecule has 3 aliphatic heterocycles. The monoisotopic (exact) mass is 601 g/mol. The number of benzene rings is 1.